The van der Waals surface area contributed by atoms with Gasteiger partial charge in [-0.1, -0.05) is 0 Å². The van der Waals surface area contributed by atoms with Crippen molar-refractivity contribution in [2.24, 2.45) is 5.73 Å². The van der Waals surface area contributed by atoms with Gasteiger partial charge in [0.15, 0.2) is 0 Å². The Bertz CT molecular complexity index is 1010. The van der Waals surface area contributed by atoms with E-state index in [2.05, 4.69) is 20.2 Å². The molecule has 0 aliphatic heterocycles. The van der Waals surface area contributed by atoms with Crippen LogP contribution in [0.5, 0.6) is 5.75 Å². The van der Waals surface area contributed by atoms with E-state index in [-0.39, 0.29) is 5.75 Å². The molecule has 0 saturated carbocycles. The number of benzene rings is 1. The summed E-state index contributed by atoms with van der Waals surface area (Å²) in [6.07, 6.45) is 8.65. The second-order valence-corrected chi connectivity index (χ2v) is 5.66. The SMILES string of the molecule is NCCCc1ccn2cc(-c3ccc(-n4nccn4)cc3O)nc2n1. The van der Waals surface area contributed by atoms with Gasteiger partial charge in [-0.05, 0) is 37.6 Å². The van der Waals surface area contributed by atoms with E-state index >= 15 is 0 Å². The van der Waals surface area contributed by atoms with Gasteiger partial charge >= 0.3 is 0 Å². The fourth-order valence-electron chi connectivity index (χ4n) is 2.67. The van der Waals surface area contributed by atoms with Crippen LogP contribution in [0.1, 0.15) is 12.1 Å². The molecule has 0 radical (unpaired) electrons. The van der Waals surface area contributed by atoms with Crippen molar-refractivity contribution in [1.29, 1.82) is 0 Å². The molecule has 4 aromatic rings. The average molecular weight is 335 g/mol. The van der Waals surface area contributed by atoms with Crippen molar-refractivity contribution >= 4 is 5.78 Å². The van der Waals surface area contributed by atoms with E-state index in [1.165, 1.54) is 4.80 Å². The van der Waals surface area contributed by atoms with Gasteiger partial charge in [-0.15, -0.1) is 0 Å². The summed E-state index contributed by atoms with van der Waals surface area (Å²) in [5, 5.41) is 18.5. The minimum Gasteiger partial charge on any atom is -0.507 e. The van der Waals surface area contributed by atoms with E-state index in [1.54, 1.807) is 24.5 Å². The van der Waals surface area contributed by atoms with Gasteiger partial charge in [-0.25, -0.2) is 9.97 Å². The summed E-state index contributed by atoms with van der Waals surface area (Å²) < 4.78 is 1.84. The number of nitrogens with two attached hydrogens (primary N) is 1. The topological polar surface area (TPSA) is 107 Å². The highest BCUT2D eigenvalue weighted by Gasteiger charge is 2.12. The Balaban J connectivity index is 1.69. The first-order valence-electron chi connectivity index (χ1n) is 7.99. The lowest BCUT2D eigenvalue weighted by Crippen LogP contribution is -2.02. The van der Waals surface area contributed by atoms with Crippen LogP contribution < -0.4 is 5.73 Å². The molecule has 3 N–H and O–H groups in total. The van der Waals surface area contributed by atoms with Crippen LogP contribution in [0.15, 0.2) is 49.1 Å². The van der Waals surface area contributed by atoms with Gasteiger partial charge in [0.1, 0.15) is 5.75 Å². The normalized spacial score (nSPS) is 11.2. The van der Waals surface area contributed by atoms with Crippen LogP contribution in [0.3, 0.4) is 0 Å². The van der Waals surface area contributed by atoms with E-state index in [4.69, 9.17) is 5.73 Å². The maximum absolute atomic E-state index is 10.4. The van der Waals surface area contributed by atoms with Crippen LogP contribution in [-0.4, -0.2) is 41.0 Å². The molecule has 8 heteroatoms. The molecule has 25 heavy (non-hydrogen) atoms. The summed E-state index contributed by atoms with van der Waals surface area (Å²) in [5.41, 5.74) is 8.47. The van der Waals surface area contributed by atoms with Crippen LogP contribution in [0, 0.1) is 0 Å². The number of aromatic hydroxyl groups is 1. The number of aryl methyl sites for hydroxylation is 1. The number of hydrogen-bond acceptors (Lipinski definition) is 6. The molecule has 3 heterocycles. The zero-order chi connectivity index (χ0) is 17.2. The molecule has 0 aliphatic carbocycles. The van der Waals surface area contributed by atoms with E-state index in [0.717, 1.165) is 18.5 Å². The number of rotatable bonds is 5. The Morgan fingerprint density at radius 1 is 1.08 bits per heavy atom. The molecule has 126 valence electrons. The summed E-state index contributed by atoms with van der Waals surface area (Å²) in [7, 11) is 0. The fraction of sp³-hybridized carbons (Fsp3) is 0.176. The van der Waals surface area contributed by atoms with Gasteiger partial charge in [0, 0.05) is 29.7 Å². The molecule has 4 rings (SSSR count). The maximum atomic E-state index is 10.4. The van der Waals surface area contributed by atoms with Gasteiger partial charge in [0.2, 0.25) is 5.78 Å². The van der Waals surface area contributed by atoms with Crippen LogP contribution in [0.2, 0.25) is 0 Å². The highest BCUT2D eigenvalue weighted by atomic mass is 16.3. The molecule has 0 fully saturated rings. The third-order valence-corrected chi connectivity index (χ3v) is 3.93. The van der Waals surface area contributed by atoms with E-state index in [0.29, 0.717) is 29.3 Å². The summed E-state index contributed by atoms with van der Waals surface area (Å²) >= 11 is 0. The molecule has 0 saturated heterocycles. The quantitative estimate of drug-likeness (QED) is 0.573. The molecular weight excluding hydrogens is 318 g/mol. The van der Waals surface area contributed by atoms with Crippen molar-refractivity contribution in [3.8, 4) is 22.7 Å². The molecular formula is C17H17N7O. The Labute approximate surface area is 143 Å². The molecule has 0 atom stereocenters. The minimum atomic E-state index is 0.113. The monoisotopic (exact) mass is 335 g/mol. The first-order chi connectivity index (χ1) is 12.2. The molecule has 1 aromatic carbocycles. The Hall–Kier alpha value is -3.26. The summed E-state index contributed by atoms with van der Waals surface area (Å²) in [4.78, 5) is 10.5. The number of phenols is 1. The summed E-state index contributed by atoms with van der Waals surface area (Å²) in [6.45, 7) is 0.637. The number of phenolic OH excluding ortho intramolecular Hbond substituents is 1. The van der Waals surface area contributed by atoms with Gasteiger partial charge in [0.25, 0.3) is 0 Å². The first-order valence-corrected chi connectivity index (χ1v) is 7.99. The predicted molar refractivity (Wildman–Crippen MR) is 92.4 cm³/mol. The lowest BCUT2D eigenvalue weighted by Gasteiger charge is -2.04. The van der Waals surface area contributed by atoms with E-state index in [9.17, 15) is 5.11 Å². The minimum absolute atomic E-state index is 0.113. The zero-order valence-corrected chi connectivity index (χ0v) is 13.4. The fourth-order valence-corrected chi connectivity index (χ4v) is 2.67. The van der Waals surface area contributed by atoms with Crippen molar-refractivity contribution in [2.75, 3.05) is 6.54 Å². The Morgan fingerprint density at radius 3 is 2.68 bits per heavy atom. The molecule has 8 nitrogen and oxygen atoms in total. The molecule has 0 spiro atoms. The number of imidazole rings is 1. The Kier molecular flexibility index (Phi) is 3.87. The molecule has 0 amide bonds. The predicted octanol–water partition coefficient (Wildman–Crippen LogP) is 1.57. The largest absolute Gasteiger partial charge is 0.507 e. The number of hydrogen-bond donors (Lipinski definition) is 2. The van der Waals surface area contributed by atoms with E-state index in [1.807, 2.05) is 28.9 Å². The van der Waals surface area contributed by atoms with Crippen molar-refractivity contribution in [2.45, 2.75) is 12.8 Å². The molecule has 0 unspecified atom stereocenters. The van der Waals surface area contributed by atoms with Crippen LogP contribution >= 0.6 is 0 Å². The maximum Gasteiger partial charge on any atom is 0.234 e. The van der Waals surface area contributed by atoms with Gasteiger partial charge < -0.3 is 10.8 Å². The van der Waals surface area contributed by atoms with Crippen molar-refractivity contribution in [1.82, 2.24) is 29.4 Å². The zero-order valence-electron chi connectivity index (χ0n) is 13.4. The summed E-state index contributed by atoms with van der Waals surface area (Å²) in [5.74, 6) is 0.711. The van der Waals surface area contributed by atoms with Crippen LogP contribution in [0.25, 0.3) is 22.7 Å². The van der Waals surface area contributed by atoms with Crippen LogP contribution in [0.4, 0.5) is 0 Å². The van der Waals surface area contributed by atoms with Crippen molar-refractivity contribution in [3.05, 3.63) is 54.7 Å². The van der Waals surface area contributed by atoms with Gasteiger partial charge in [-0.2, -0.15) is 15.0 Å². The second-order valence-electron chi connectivity index (χ2n) is 5.66. The highest BCUT2D eigenvalue weighted by Crippen LogP contribution is 2.30. The Morgan fingerprint density at radius 2 is 1.92 bits per heavy atom. The van der Waals surface area contributed by atoms with E-state index < -0.39 is 0 Å². The first kappa shape index (κ1) is 15.3. The van der Waals surface area contributed by atoms with Crippen molar-refractivity contribution < 1.29 is 5.11 Å². The van der Waals surface area contributed by atoms with Crippen molar-refractivity contribution in [3.63, 3.8) is 0 Å². The third-order valence-electron chi connectivity index (χ3n) is 3.93. The standard InChI is InChI=1S/C17H17N7O/c18-6-1-2-12-5-9-23-11-15(22-17(23)21-12)14-4-3-13(10-16(14)25)24-19-7-8-20-24/h3-5,7-11,25H,1-2,6,18H2. The highest BCUT2D eigenvalue weighted by molar-refractivity contribution is 5.69. The second kappa shape index (κ2) is 6.33. The molecule has 3 aromatic heterocycles. The number of nitrogens with zero attached hydrogens (tertiary/aromatic N) is 6. The lowest BCUT2D eigenvalue weighted by molar-refractivity contribution is 0.476. The van der Waals surface area contributed by atoms with Crippen LogP contribution in [-0.2, 0) is 6.42 Å². The summed E-state index contributed by atoms with van der Waals surface area (Å²) in [6, 6.07) is 7.20. The number of fused-ring (bicyclic) bond motifs is 1. The molecule has 0 aliphatic rings. The van der Waals surface area contributed by atoms with Gasteiger partial charge in [-0.3, -0.25) is 4.40 Å². The van der Waals surface area contributed by atoms with Gasteiger partial charge in [0.05, 0.1) is 23.8 Å². The third kappa shape index (κ3) is 2.94. The average Bonchev–Trinajstić information content (AvgIpc) is 3.28. The molecule has 0 bridgehead atoms. The smallest absolute Gasteiger partial charge is 0.234 e. The number of aromatic nitrogens is 6. The lowest BCUT2D eigenvalue weighted by atomic mass is 10.1.